The van der Waals surface area contributed by atoms with Crippen LogP contribution in [0.4, 0.5) is 11.6 Å². The van der Waals surface area contributed by atoms with Gasteiger partial charge in [0.1, 0.15) is 18.0 Å². The zero-order valence-electron chi connectivity index (χ0n) is 17.7. The molecule has 9 nitrogen and oxygen atoms in total. The van der Waals surface area contributed by atoms with Crippen LogP contribution >= 0.6 is 0 Å². The van der Waals surface area contributed by atoms with Gasteiger partial charge in [-0.05, 0) is 35.8 Å². The average molecular weight is 448 g/mol. The minimum Gasteiger partial charge on any atom is -0.379 e. The Labute approximate surface area is 183 Å². The molecule has 0 amide bonds. The van der Waals surface area contributed by atoms with Gasteiger partial charge in [-0.3, -0.25) is 4.18 Å². The Hall–Kier alpha value is -2.27. The van der Waals surface area contributed by atoms with E-state index < -0.39 is 10.3 Å². The summed E-state index contributed by atoms with van der Waals surface area (Å²) in [6.07, 6.45) is 4.12. The van der Waals surface area contributed by atoms with Crippen molar-refractivity contribution in [2.75, 3.05) is 24.4 Å². The molecule has 2 aliphatic rings. The monoisotopic (exact) mass is 447 g/mol. The third-order valence-corrected chi connectivity index (χ3v) is 6.77. The molecule has 0 bridgehead atoms. The van der Waals surface area contributed by atoms with Gasteiger partial charge in [-0.25, -0.2) is 15.1 Å². The summed E-state index contributed by atoms with van der Waals surface area (Å²) in [7, 11) is -2.18. The van der Waals surface area contributed by atoms with Gasteiger partial charge in [-0.2, -0.15) is 8.42 Å². The number of nitrogens with zero attached hydrogens (tertiary/aromatic N) is 2. The maximum absolute atomic E-state index is 11.1. The zero-order chi connectivity index (χ0) is 22.0. The Balaban J connectivity index is 1.40. The summed E-state index contributed by atoms with van der Waals surface area (Å²) >= 11 is 0. The van der Waals surface area contributed by atoms with Gasteiger partial charge in [-0.15, -0.1) is 0 Å². The van der Waals surface area contributed by atoms with Crippen LogP contribution in [-0.2, 0) is 25.6 Å². The molecule has 0 spiro atoms. The van der Waals surface area contributed by atoms with Crippen molar-refractivity contribution in [2.45, 2.75) is 44.4 Å². The zero-order valence-corrected chi connectivity index (χ0v) is 18.5. The predicted octanol–water partition coefficient (Wildman–Crippen LogP) is 2.25. The minimum atomic E-state index is -3.92. The maximum Gasteiger partial charge on any atom is 0.333 e. The first kappa shape index (κ1) is 21.9. The van der Waals surface area contributed by atoms with Crippen LogP contribution in [0.25, 0.3) is 0 Å². The topological polar surface area (TPSA) is 128 Å². The second-order valence-electron chi connectivity index (χ2n) is 8.41. The molecule has 0 unspecified atom stereocenters. The molecule has 10 heteroatoms. The highest BCUT2D eigenvalue weighted by atomic mass is 32.2. The van der Waals surface area contributed by atoms with Crippen molar-refractivity contribution in [1.82, 2.24) is 9.97 Å². The molecule has 1 aromatic heterocycles. The van der Waals surface area contributed by atoms with Crippen LogP contribution in [0.5, 0.6) is 0 Å². The molecule has 4 N–H and O–H groups in total. The predicted molar refractivity (Wildman–Crippen MR) is 118 cm³/mol. The highest BCUT2D eigenvalue weighted by Gasteiger charge is 2.34. The minimum absolute atomic E-state index is 0.0233. The number of ether oxygens (including phenoxy) is 1. The summed E-state index contributed by atoms with van der Waals surface area (Å²) in [5.41, 5.74) is 2.51. The molecule has 168 valence electrons. The number of benzene rings is 1. The summed E-state index contributed by atoms with van der Waals surface area (Å²) < 4.78 is 32.7. The third-order valence-electron chi connectivity index (χ3n) is 6.30. The lowest BCUT2D eigenvalue weighted by Gasteiger charge is -2.22. The van der Waals surface area contributed by atoms with Gasteiger partial charge in [-0.1, -0.05) is 31.2 Å². The van der Waals surface area contributed by atoms with E-state index in [1.165, 1.54) is 17.5 Å². The fourth-order valence-corrected chi connectivity index (χ4v) is 5.06. The first-order chi connectivity index (χ1) is 14.8. The Morgan fingerprint density at radius 1 is 1.16 bits per heavy atom. The van der Waals surface area contributed by atoms with Gasteiger partial charge in [0.15, 0.2) is 0 Å². The normalized spacial score (nSPS) is 27.8. The van der Waals surface area contributed by atoms with E-state index in [0.29, 0.717) is 5.92 Å². The number of nitrogens with one attached hydrogen (secondary N) is 2. The molecule has 31 heavy (non-hydrogen) atoms. The molecule has 0 saturated heterocycles. The van der Waals surface area contributed by atoms with Crippen molar-refractivity contribution in [1.29, 1.82) is 0 Å². The molecule has 1 fully saturated rings. The summed E-state index contributed by atoms with van der Waals surface area (Å²) in [6.45, 7) is 2.20. The highest BCUT2D eigenvalue weighted by Crippen LogP contribution is 2.36. The molecule has 0 aliphatic heterocycles. The number of hydrogen-bond acceptors (Lipinski definition) is 8. The highest BCUT2D eigenvalue weighted by molar-refractivity contribution is 7.84. The smallest absolute Gasteiger partial charge is 0.333 e. The molecule has 5 atom stereocenters. The van der Waals surface area contributed by atoms with Crippen LogP contribution in [0.1, 0.15) is 36.9 Å². The second kappa shape index (κ2) is 9.07. The summed E-state index contributed by atoms with van der Waals surface area (Å²) in [5.74, 6) is 1.88. The van der Waals surface area contributed by atoms with E-state index in [-0.39, 0.29) is 30.7 Å². The van der Waals surface area contributed by atoms with E-state index in [1.807, 2.05) is 18.2 Å². The number of methoxy groups -OCH3 is 1. The van der Waals surface area contributed by atoms with E-state index in [4.69, 9.17) is 14.1 Å². The van der Waals surface area contributed by atoms with Crippen molar-refractivity contribution in [3.05, 3.63) is 47.8 Å². The van der Waals surface area contributed by atoms with Crippen molar-refractivity contribution < 1.29 is 17.3 Å². The quantitative estimate of drug-likeness (QED) is 0.562. The van der Waals surface area contributed by atoms with Gasteiger partial charge >= 0.3 is 10.3 Å². The fourth-order valence-electron chi connectivity index (χ4n) is 4.70. The van der Waals surface area contributed by atoms with E-state index in [2.05, 4.69) is 39.7 Å². The van der Waals surface area contributed by atoms with Crippen molar-refractivity contribution in [3.8, 4) is 0 Å². The molecular formula is C21H29N5O4S. The first-order valence-corrected chi connectivity index (χ1v) is 11.9. The molecule has 2 aliphatic carbocycles. The Morgan fingerprint density at radius 2 is 1.90 bits per heavy atom. The van der Waals surface area contributed by atoms with Crippen LogP contribution in [0.15, 0.2) is 36.7 Å². The Bertz CT molecular complexity index is 1020. The largest absolute Gasteiger partial charge is 0.379 e. The standard InChI is InChI=1S/C21H29N5O4S/c1-13-7-16(8-15(13)11-30-31(22,27)28)25-19-10-20(24-12-23-19)26-21-17-6-4-3-5-14(17)9-18(21)29-2/h3-6,10,12-13,15-16,18,21H,7-9,11H2,1-2H3,(H2,22,27,28)(H2,23,24,25,26)/t13-,15-,16-,18-,21+/m0/s1. The third kappa shape index (κ3) is 5.32. The number of fused-ring (bicyclic) bond motifs is 1. The SMILES string of the molecule is CO[C@H]1Cc2ccccc2[C@H]1Nc1cc(N[C@@H]2C[C@@H](COS(N)(=O)=O)[C@@H](C)C2)ncn1. The maximum atomic E-state index is 11.1. The van der Waals surface area contributed by atoms with Crippen molar-refractivity contribution >= 4 is 21.9 Å². The van der Waals surface area contributed by atoms with E-state index >= 15 is 0 Å². The van der Waals surface area contributed by atoms with Gasteiger partial charge in [0.25, 0.3) is 0 Å². The number of nitrogens with two attached hydrogens (primary N) is 1. The molecular weight excluding hydrogens is 418 g/mol. The molecule has 0 radical (unpaired) electrons. The lowest BCUT2D eigenvalue weighted by atomic mass is 10.00. The van der Waals surface area contributed by atoms with Gasteiger partial charge in [0, 0.05) is 25.6 Å². The molecule has 1 heterocycles. The van der Waals surface area contributed by atoms with Crippen LogP contribution in [0.3, 0.4) is 0 Å². The molecule has 1 saturated carbocycles. The van der Waals surface area contributed by atoms with E-state index in [0.717, 1.165) is 30.9 Å². The van der Waals surface area contributed by atoms with Crippen molar-refractivity contribution in [3.63, 3.8) is 0 Å². The fraction of sp³-hybridized carbons (Fsp3) is 0.524. The van der Waals surface area contributed by atoms with E-state index in [1.54, 1.807) is 7.11 Å². The number of aromatic nitrogens is 2. The first-order valence-electron chi connectivity index (χ1n) is 10.4. The molecule has 1 aromatic carbocycles. The summed E-state index contributed by atoms with van der Waals surface area (Å²) in [4.78, 5) is 8.74. The van der Waals surface area contributed by atoms with Crippen LogP contribution in [-0.4, -0.2) is 44.2 Å². The number of hydrogen-bond donors (Lipinski definition) is 3. The van der Waals surface area contributed by atoms with Crippen LogP contribution in [0.2, 0.25) is 0 Å². The Morgan fingerprint density at radius 3 is 2.65 bits per heavy atom. The van der Waals surface area contributed by atoms with Crippen LogP contribution < -0.4 is 15.8 Å². The molecule has 4 rings (SSSR count). The van der Waals surface area contributed by atoms with Gasteiger partial charge in [0.2, 0.25) is 0 Å². The van der Waals surface area contributed by atoms with E-state index in [9.17, 15) is 8.42 Å². The van der Waals surface area contributed by atoms with Gasteiger partial charge in [0.05, 0.1) is 18.8 Å². The lowest BCUT2D eigenvalue weighted by Crippen LogP contribution is -2.24. The van der Waals surface area contributed by atoms with Crippen molar-refractivity contribution in [2.24, 2.45) is 17.0 Å². The second-order valence-corrected chi connectivity index (χ2v) is 9.64. The average Bonchev–Trinajstić information content (AvgIpc) is 3.26. The lowest BCUT2D eigenvalue weighted by molar-refractivity contribution is 0.0959. The number of anilines is 2. The molecule has 2 aromatic rings. The van der Waals surface area contributed by atoms with Crippen LogP contribution in [0, 0.1) is 11.8 Å². The number of rotatable bonds is 8. The van der Waals surface area contributed by atoms with Gasteiger partial charge < -0.3 is 15.4 Å². The summed E-state index contributed by atoms with van der Waals surface area (Å²) in [6, 6.07) is 10.4. The summed E-state index contributed by atoms with van der Waals surface area (Å²) in [5, 5.41) is 11.9. The Kier molecular flexibility index (Phi) is 6.42.